The summed E-state index contributed by atoms with van der Waals surface area (Å²) in [4.78, 5) is 12.2. The average molecular weight is 365 g/mol. The number of carbonyl (C=O) groups excluding carboxylic acids is 1. The minimum atomic E-state index is -3.57. The van der Waals surface area contributed by atoms with E-state index in [9.17, 15) is 13.2 Å². The normalized spacial score (nSPS) is 15.4. The molecule has 1 amide bonds. The highest BCUT2D eigenvalue weighted by Gasteiger charge is 2.21. The van der Waals surface area contributed by atoms with Crippen LogP contribution < -0.4 is 9.73 Å². The Kier molecular flexibility index (Phi) is 6.58. The topological polar surface area (TPSA) is 78.8 Å². The summed E-state index contributed by atoms with van der Waals surface area (Å²) in [6.45, 7) is 3.52. The zero-order valence-corrected chi connectivity index (χ0v) is 16.0. The molecule has 1 aromatic carbocycles. The first-order chi connectivity index (χ1) is 11.8. The number of hydrogen-bond donors (Lipinski definition) is 1. The number of hydrazone groups is 1. The number of rotatable bonds is 5. The fourth-order valence-corrected chi connectivity index (χ4v) is 3.89. The van der Waals surface area contributed by atoms with Gasteiger partial charge in [-0.25, -0.2) is 13.8 Å². The quantitative estimate of drug-likeness (QED) is 0.644. The third kappa shape index (κ3) is 6.16. The molecule has 1 aromatic rings. The summed E-state index contributed by atoms with van der Waals surface area (Å²) in [6.07, 6.45) is 7.47. The lowest BCUT2D eigenvalue weighted by Crippen LogP contribution is -2.39. The standard InChI is InChI=1S/C18H27N3O3S/c1-14-10-15(2)12-17(11-14)21(25(3,23)24)13-18(22)20-19-16-8-6-4-5-7-9-16/h10-12H,4-9,13H2,1-3H3,(H,20,22). The van der Waals surface area contributed by atoms with Crippen LogP contribution in [0.3, 0.4) is 0 Å². The highest BCUT2D eigenvalue weighted by Crippen LogP contribution is 2.21. The molecule has 6 nitrogen and oxygen atoms in total. The van der Waals surface area contributed by atoms with Gasteiger partial charge in [-0.05, 0) is 62.8 Å². The molecule has 0 aliphatic heterocycles. The van der Waals surface area contributed by atoms with E-state index in [0.717, 1.165) is 53.1 Å². The van der Waals surface area contributed by atoms with Gasteiger partial charge in [0.1, 0.15) is 6.54 Å². The molecule has 0 aromatic heterocycles. The molecule has 1 aliphatic rings. The summed E-state index contributed by atoms with van der Waals surface area (Å²) in [7, 11) is -3.57. The smallest absolute Gasteiger partial charge is 0.260 e. The summed E-state index contributed by atoms with van der Waals surface area (Å²) in [5.74, 6) is -0.429. The second-order valence-electron chi connectivity index (χ2n) is 6.74. The predicted octanol–water partition coefficient (Wildman–Crippen LogP) is 2.90. The van der Waals surface area contributed by atoms with E-state index in [1.165, 1.54) is 12.8 Å². The lowest BCUT2D eigenvalue weighted by atomic mass is 10.1. The Morgan fingerprint density at radius 3 is 2.16 bits per heavy atom. The maximum absolute atomic E-state index is 12.2. The van der Waals surface area contributed by atoms with Crippen LogP contribution in [0.4, 0.5) is 5.69 Å². The Hall–Kier alpha value is -1.89. The van der Waals surface area contributed by atoms with Gasteiger partial charge in [0.05, 0.1) is 11.9 Å². The zero-order valence-electron chi connectivity index (χ0n) is 15.2. The van der Waals surface area contributed by atoms with Gasteiger partial charge in [0.15, 0.2) is 0 Å². The maximum Gasteiger partial charge on any atom is 0.260 e. The van der Waals surface area contributed by atoms with Crippen LogP contribution in [-0.4, -0.2) is 32.8 Å². The summed E-state index contributed by atoms with van der Waals surface area (Å²) >= 11 is 0. The van der Waals surface area contributed by atoms with E-state index in [2.05, 4.69) is 10.5 Å². The molecule has 1 saturated carbocycles. The molecule has 0 radical (unpaired) electrons. The minimum Gasteiger partial charge on any atom is -0.271 e. The number of sulfonamides is 1. The number of amides is 1. The van der Waals surface area contributed by atoms with Crippen LogP contribution in [-0.2, 0) is 14.8 Å². The number of nitrogens with one attached hydrogen (secondary N) is 1. The Labute approximate surface area is 150 Å². The van der Waals surface area contributed by atoms with Crippen molar-refractivity contribution >= 4 is 27.3 Å². The minimum absolute atomic E-state index is 0.279. The molecule has 1 N–H and O–H groups in total. The number of nitrogens with zero attached hydrogens (tertiary/aromatic N) is 2. The lowest BCUT2D eigenvalue weighted by Gasteiger charge is -2.22. The largest absolute Gasteiger partial charge is 0.271 e. The molecule has 1 aliphatic carbocycles. The molecule has 1 fully saturated rings. The van der Waals surface area contributed by atoms with Gasteiger partial charge in [-0.15, -0.1) is 0 Å². The fourth-order valence-electron chi connectivity index (χ4n) is 3.05. The van der Waals surface area contributed by atoms with Crippen molar-refractivity contribution in [2.24, 2.45) is 5.10 Å². The Morgan fingerprint density at radius 1 is 1.08 bits per heavy atom. The van der Waals surface area contributed by atoms with E-state index in [0.29, 0.717) is 5.69 Å². The monoisotopic (exact) mass is 365 g/mol. The molecular weight excluding hydrogens is 338 g/mol. The van der Waals surface area contributed by atoms with Crippen molar-refractivity contribution in [3.05, 3.63) is 29.3 Å². The summed E-state index contributed by atoms with van der Waals surface area (Å²) in [5, 5.41) is 4.20. The Bertz CT molecular complexity index is 727. The fraction of sp³-hybridized carbons (Fsp3) is 0.556. The number of aryl methyl sites for hydroxylation is 2. The molecule has 0 saturated heterocycles. The van der Waals surface area contributed by atoms with Crippen LogP contribution in [0.25, 0.3) is 0 Å². The van der Waals surface area contributed by atoms with Crippen LogP contribution in [0.5, 0.6) is 0 Å². The Balaban J connectivity index is 2.11. The molecule has 138 valence electrons. The van der Waals surface area contributed by atoms with Gasteiger partial charge in [-0.1, -0.05) is 18.9 Å². The molecule has 25 heavy (non-hydrogen) atoms. The molecule has 2 rings (SSSR count). The van der Waals surface area contributed by atoms with Gasteiger partial charge in [-0.2, -0.15) is 5.10 Å². The van der Waals surface area contributed by atoms with E-state index in [-0.39, 0.29) is 6.54 Å². The SMILES string of the molecule is Cc1cc(C)cc(N(CC(=O)NN=C2CCCCCC2)S(C)(=O)=O)c1. The Morgan fingerprint density at radius 2 is 1.64 bits per heavy atom. The lowest BCUT2D eigenvalue weighted by molar-refractivity contribution is -0.119. The van der Waals surface area contributed by atoms with Crippen LogP contribution in [0.1, 0.15) is 49.7 Å². The van der Waals surface area contributed by atoms with Crippen molar-refractivity contribution in [1.29, 1.82) is 0 Å². The average Bonchev–Trinajstić information content (AvgIpc) is 2.77. The number of benzene rings is 1. The first-order valence-corrected chi connectivity index (χ1v) is 10.5. The van der Waals surface area contributed by atoms with Crippen molar-refractivity contribution in [3.63, 3.8) is 0 Å². The van der Waals surface area contributed by atoms with Gasteiger partial charge in [0, 0.05) is 5.71 Å². The van der Waals surface area contributed by atoms with Crippen molar-refractivity contribution in [2.75, 3.05) is 17.1 Å². The number of anilines is 1. The first kappa shape index (κ1) is 19.4. The van der Waals surface area contributed by atoms with E-state index in [1.54, 1.807) is 12.1 Å². The molecule has 0 heterocycles. The highest BCUT2D eigenvalue weighted by molar-refractivity contribution is 7.92. The van der Waals surface area contributed by atoms with Crippen LogP contribution in [0, 0.1) is 13.8 Å². The second-order valence-corrected chi connectivity index (χ2v) is 8.65. The summed E-state index contributed by atoms with van der Waals surface area (Å²) in [6, 6.07) is 5.49. The van der Waals surface area contributed by atoms with Gasteiger partial charge < -0.3 is 0 Å². The molecule has 7 heteroatoms. The van der Waals surface area contributed by atoms with E-state index in [1.807, 2.05) is 19.9 Å². The number of hydrogen-bond acceptors (Lipinski definition) is 4. The van der Waals surface area contributed by atoms with Gasteiger partial charge in [0.25, 0.3) is 5.91 Å². The molecule has 0 unspecified atom stereocenters. The van der Waals surface area contributed by atoms with Crippen molar-refractivity contribution < 1.29 is 13.2 Å². The summed E-state index contributed by atoms with van der Waals surface area (Å²) in [5.41, 5.74) is 5.91. The van der Waals surface area contributed by atoms with Crippen LogP contribution in [0.15, 0.2) is 23.3 Å². The van der Waals surface area contributed by atoms with E-state index < -0.39 is 15.9 Å². The zero-order chi connectivity index (χ0) is 18.4. The van der Waals surface area contributed by atoms with Crippen molar-refractivity contribution in [3.8, 4) is 0 Å². The molecule has 0 atom stereocenters. The third-order valence-electron chi connectivity index (χ3n) is 4.20. The van der Waals surface area contributed by atoms with E-state index in [4.69, 9.17) is 0 Å². The molecule has 0 spiro atoms. The second kappa shape index (κ2) is 8.47. The van der Waals surface area contributed by atoms with E-state index >= 15 is 0 Å². The maximum atomic E-state index is 12.2. The molecule has 0 bridgehead atoms. The van der Waals surface area contributed by atoms with Gasteiger partial charge >= 0.3 is 0 Å². The van der Waals surface area contributed by atoms with Crippen molar-refractivity contribution in [2.45, 2.75) is 52.4 Å². The first-order valence-electron chi connectivity index (χ1n) is 8.66. The number of carbonyl (C=O) groups is 1. The predicted molar refractivity (Wildman–Crippen MR) is 101 cm³/mol. The van der Waals surface area contributed by atoms with Crippen LogP contribution in [0.2, 0.25) is 0 Å². The molecular formula is C18H27N3O3S. The van der Waals surface area contributed by atoms with Gasteiger partial charge in [-0.3, -0.25) is 9.10 Å². The highest BCUT2D eigenvalue weighted by atomic mass is 32.2. The third-order valence-corrected chi connectivity index (χ3v) is 5.34. The summed E-state index contributed by atoms with van der Waals surface area (Å²) < 4.78 is 25.4. The van der Waals surface area contributed by atoms with Gasteiger partial charge in [0.2, 0.25) is 10.0 Å². The van der Waals surface area contributed by atoms with Crippen molar-refractivity contribution in [1.82, 2.24) is 5.43 Å². The van der Waals surface area contributed by atoms with Crippen LogP contribution >= 0.6 is 0 Å².